The van der Waals surface area contributed by atoms with Crippen molar-refractivity contribution in [3.05, 3.63) is 22.8 Å². The van der Waals surface area contributed by atoms with Gasteiger partial charge in [0.15, 0.2) is 0 Å². The van der Waals surface area contributed by atoms with Crippen LogP contribution in [0.15, 0.2) is 22.8 Å². The summed E-state index contributed by atoms with van der Waals surface area (Å²) in [4.78, 5) is 0. The minimum atomic E-state index is -0.0583. The van der Waals surface area contributed by atoms with Gasteiger partial charge in [0.1, 0.15) is 0 Å². The summed E-state index contributed by atoms with van der Waals surface area (Å²) in [5, 5.41) is 10.4. The Morgan fingerprint density at radius 3 is 2.84 bits per heavy atom. The fourth-order valence-electron chi connectivity index (χ4n) is 5.52. The van der Waals surface area contributed by atoms with Gasteiger partial charge in [-0.15, -0.1) is 0 Å². The fourth-order valence-corrected chi connectivity index (χ4v) is 5.52. The smallest absolute Gasteiger partial charge is 0.0599 e. The van der Waals surface area contributed by atoms with E-state index >= 15 is 0 Å². The van der Waals surface area contributed by atoms with Crippen molar-refractivity contribution in [3.63, 3.8) is 0 Å². The summed E-state index contributed by atoms with van der Waals surface area (Å²) < 4.78 is 0. The molecule has 1 heteroatoms. The van der Waals surface area contributed by atoms with Gasteiger partial charge in [0.25, 0.3) is 0 Å². The molecule has 4 rings (SSSR count). The molecule has 0 spiro atoms. The molecular weight excluding hydrogens is 232 g/mol. The summed E-state index contributed by atoms with van der Waals surface area (Å²) in [6.45, 7) is 2.34. The molecule has 0 unspecified atom stereocenters. The quantitative estimate of drug-likeness (QED) is 0.684. The van der Waals surface area contributed by atoms with Crippen LogP contribution in [-0.2, 0) is 0 Å². The molecule has 4 aliphatic rings. The van der Waals surface area contributed by atoms with Gasteiger partial charge in [0, 0.05) is 5.41 Å². The third kappa shape index (κ3) is 1.63. The van der Waals surface area contributed by atoms with Crippen LogP contribution in [0.3, 0.4) is 0 Å². The Balaban J connectivity index is 1.74. The maximum absolute atomic E-state index is 10.4. The van der Waals surface area contributed by atoms with Crippen LogP contribution < -0.4 is 0 Å². The minimum absolute atomic E-state index is 0.0583. The molecule has 1 saturated carbocycles. The Labute approximate surface area is 116 Å². The van der Waals surface area contributed by atoms with Crippen molar-refractivity contribution >= 4 is 0 Å². The molecule has 4 aliphatic carbocycles. The third-order valence-corrected chi connectivity index (χ3v) is 6.69. The third-order valence-electron chi connectivity index (χ3n) is 6.69. The second-order valence-corrected chi connectivity index (χ2v) is 7.50. The van der Waals surface area contributed by atoms with E-state index in [1.54, 1.807) is 16.7 Å². The molecule has 0 radical (unpaired) electrons. The number of allylic oxidation sites excluding steroid dienone is 4. The highest BCUT2D eigenvalue weighted by Gasteiger charge is 2.52. The second-order valence-electron chi connectivity index (χ2n) is 7.50. The number of aliphatic hydroxyl groups is 1. The summed E-state index contributed by atoms with van der Waals surface area (Å²) >= 11 is 0. The zero-order valence-corrected chi connectivity index (χ0v) is 12.1. The molecule has 0 bridgehead atoms. The van der Waals surface area contributed by atoms with Gasteiger partial charge in [-0.3, -0.25) is 0 Å². The van der Waals surface area contributed by atoms with Gasteiger partial charge >= 0.3 is 0 Å². The summed E-state index contributed by atoms with van der Waals surface area (Å²) in [6.07, 6.45) is 14.1. The first-order valence-electron chi connectivity index (χ1n) is 8.29. The minimum Gasteiger partial charge on any atom is -0.393 e. The van der Waals surface area contributed by atoms with Crippen LogP contribution in [-0.4, -0.2) is 11.2 Å². The van der Waals surface area contributed by atoms with E-state index in [1.165, 1.54) is 44.9 Å². The highest BCUT2D eigenvalue weighted by Crippen LogP contribution is 2.58. The molecule has 0 heterocycles. The van der Waals surface area contributed by atoms with Crippen molar-refractivity contribution in [1.29, 1.82) is 0 Å². The molecule has 4 atom stereocenters. The number of rotatable bonds is 0. The Morgan fingerprint density at radius 2 is 1.95 bits per heavy atom. The van der Waals surface area contributed by atoms with Crippen molar-refractivity contribution in [1.82, 2.24) is 0 Å². The molecule has 104 valence electrons. The van der Waals surface area contributed by atoms with Crippen LogP contribution in [0, 0.1) is 17.3 Å². The second kappa shape index (κ2) is 4.22. The molecule has 19 heavy (non-hydrogen) atoms. The molecule has 0 saturated heterocycles. The average Bonchev–Trinajstić information content (AvgIpc) is 2.75. The van der Waals surface area contributed by atoms with Crippen LogP contribution in [0.25, 0.3) is 0 Å². The molecule has 0 aliphatic heterocycles. The lowest BCUT2D eigenvalue weighted by Crippen LogP contribution is -2.40. The summed E-state index contributed by atoms with van der Waals surface area (Å²) in [5.74, 6) is 1.52. The van der Waals surface area contributed by atoms with Gasteiger partial charge in [-0.05, 0) is 80.8 Å². The summed E-state index contributed by atoms with van der Waals surface area (Å²) in [5.41, 5.74) is 5.44. The van der Waals surface area contributed by atoms with Crippen LogP contribution in [0.1, 0.15) is 64.7 Å². The van der Waals surface area contributed by atoms with E-state index in [2.05, 4.69) is 13.0 Å². The Kier molecular flexibility index (Phi) is 2.71. The number of fused-ring (bicyclic) bond motifs is 4. The maximum atomic E-state index is 10.4. The van der Waals surface area contributed by atoms with Crippen molar-refractivity contribution in [2.75, 3.05) is 0 Å². The number of hydrogen-bond acceptors (Lipinski definition) is 1. The summed E-state index contributed by atoms with van der Waals surface area (Å²) in [6, 6.07) is 0. The number of hydrogen-bond donors (Lipinski definition) is 1. The molecule has 1 fully saturated rings. The largest absolute Gasteiger partial charge is 0.393 e. The van der Waals surface area contributed by atoms with Crippen LogP contribution in [0.2, 0.25) is 0 Å². The summed E-state index contributed by atoms with van der Waals surface area (Å²) in [7, 11) is 0. The van der Waals surface area contributed by atoms with E-state index in [9.17, 15) is 5.11 Å². The van der Waals surface area contributed by atoms with E-state index in [0.717, 1.165) is 24.7 Å². The van der Waals surface area contributed by atoms with Gasteiger partial charge in [-0.25, -0.2) is 0 Å². The highest BCUT2D eigenvalue weighted by molar-refractivity contribution is 5.43. The van der Waals surface area contributed by atoms with Gasteiger partial charge in [0.2, 0.25) is 0 Å². The van der Waals surface area contributed by atoms with E-state index < -0.39 is 0 Å². The molecule has 1 nitrogen and oxygen atoms in total. The van der Waals surface area contributed by atoms with Gasteiger partial charge < -0.3 is 5.11 Å². The predicted octanol–water partition coefficient (Wildman–Crippen LogP) is 4.37. The van der Waals surface area contributed by atoms with E-state index in [-0.39, 0.29) is 11.5 Å². The highest BCUT2D eigenvalue weighted by atomic mass is 16.3. The fraction of sp³-hybridized carbons (Fsp3) is 0.778. The molecule has 0 amide bonds. The van der Waals surface area contributed by atoms with Crippen molar-refractivity contribution in [2.24, 2.45) is 17.3 Å². The first kappa shape index (κ1) is 12.2. The lowest BCUT2D eigenvalue weighted by atomic mass is 9.59. The molecule has 0 aromatic carbocycles. The van der Waals surface area contributed by atoms with Crippen LogP contribution in [0.5, 0.6) is 0 Å². The Hall–Kier alpha value is -0.560. The lowest BCUT2D eigenvalue weighted by molar-refractivity contribution is 0.0203. The molecule has 0 aromatic heterocycles. The zero-order chi connectivity index (χ0) is 13.0. The first-order chi connectivity index (χ1) is 9.20. The van der Waals surface area contributed by atoms with E-state index in [4.69, 9.17) is 0 Å². The molecular formula is C18H26O. The Bertz CT molecular complexity index is 458. The van der Waals surface area contributed by atoms with E-state index in [1.807, 2.05) is 0 Å². The zero-order valence-electron chi connectivity index (χ0n) is 12.1. The van der Waals surface area contributed by atoms with Crippen molar-refractivity contribution < 1.29 is 5.11 Å². The maximum Gasteiger partial charge on any atom is 0.0599 e. The van der Waals surface area contributed by atoms with E-state index in [0.29, 0.717) is 0 Å². The van der Waals surface area contributed by atoms with Crippen molar-refractivity contribution in [3.8, 4) is 0 Å². The molecule has 1 N–H and O–H groups in total. The van der Waals surface area contributed by atoms with Gasteiger partial charge in [-0.2, -0.15) is 0 Å². The van der Waals surface area contributed by atoms with Crippen LogP contribution in [0.4, 0.5) is 0 Å². The first-order valence-corrected chi connectivity index (χ1v) is 8.29. The monoisotopic (exact) mass is 258 g/mol. The lowest BCUT2D eigenvalue weighted by Gasteiger charge is -2.46. The Morgan fingerprint density at radius 1 is 1.11 bits per heavy atom. The van der Waals surface area contributed by atoms with Gasteiger partial charge in [0.05, 0.1) is 6.10 Å². The van der Waals surface area contributed by atoms with Crippen molar-refractivity contribution in [2.45, 2.75) is 70.8 Å². The predicted molar refractivity (Wildman–Crippen MR) is 77.8 cm³/mol. The SMILES string of the molecule is C[C@]12CC=C3C4=C(CCCC4)CC[C@H]3[C@@H]1CC[C@@H]2O. The average molecular weight is 258 g/mol. The molecule has 0 aromatic rings. The number of aliphatic hydroxyl groups excluding tert-OH is 1. The van der Waals surface area contributed by atoms with Gasteiger partial charge in [-0.1, -0.05) is 18.6 Å². The normalized spacial score (nSPS) is 45.4. The van der Waals surface area contributed by atoms with Crippen LogP contribution >= 0.6 is 0 Å². The standard InChI is InChI=1S/C18H26O/c1-18-11-10-14-13-5-3-2-4-12(13)6-7-15(14)16(18)8-9-17(18)19/h10,15-17,19H,2-9,11H2,1H3/t15-,16+,17+,18+/m1/s1. The topological polar surface area (TPSA) is 20.2 Å².